The second-order valence-corrected chi connectivity index (χ2v) is 36.1. The number of amides is 1. The van der Waals surface area contributed by atoms with Crippen LogP contribution in [0.4, 0.5) is 0 Å². The zero-order valence-electron chi connectivity index (χ0n) is 61.0. The molecule has 0 bridgehead atoms. The Hall–Kier alpha value is -4.61. The average Bonchev–Trinajstić information content (AvgIpc) is 0.781. The summed E-state index contributed by atoms with van der Waals surface area (Å²) >= 11 is 0. The number of nitrogens with one attached hydrogen (secondary N) is 4. The Kier molecular flexibility index (Phi) is 34.8. The number of carboxylic acids is 4. The summed E-state index contributed by atoms with van der Waals surface area (Å²) in [4.78, 5) is 63.8. The van der Waals surface area contributed by atoms with Gasteiger partial charge in [0.2, 0.25) is 5.91 Å². The Morgan fingerprint density at radius 1 is 0.341 bits per heavy atom. The second kappa shape index (κ2) is 41.2. The zero-order chi connectivity index (χ0) is 92.4. The van der Waals surface area contributed by atoms with E-state index in [0.29, 0.717) is 0 Å². The minimum absolute atomic E-state index is 0.331. The molecule has 0 spiro atoms. The third-order valence-corrected chi connectivity index (χ3v) is 22.3. The fourth-order valence-electron chi connectivity index (χ4n) is 13.3. The molecule has 714 valence electrons. The van der Waals surface area contributed by atoms with Gasteiger partial charge in [-0.15, -0.1) is 0 Å². The van der Waals surface area contributed by atoms with Crippen LogP contribution in [0.1, 0.15) is 32.6 Å². The number of rotatable bonds is 39. The molecule has 0 unspecified atom stereocenters. The van der Waals surface area contributed by atoms with Gasteiger partial charge in [0.15, 0.2) is 68.4 Å². The summed E-state index contributed by atoms with van der Waals surface area (Å²) in [7, 11) is -46.1. The predicted molar refractivity (Wildman–Crippen MR) is 361 cm³/mol. The van der Waals surface area contributed by atoms with Gasteiger partial charge in [-0.1, -0.05) is 0 Å². The van der Waals surface area contributed by atoms with Crippen LogP contribution < -0.4 is 19.5 Å². The topological polar surface area (TPSA) is 996 Å². The molecule has 8 heterocycles. The number of carbonyl (C=O) groups excluding carboxylic acids is 1. The smallest absolute Gasteiger partial charge is 0.397 e. The van der Waals surface area contributed by atoms with Gasteiger partial charge in [-0.25, -0.2) is 40.1 Å². The summed E-state index contributed by atoms with van der Waals surface area (Å²) in [5, 5.41) is 135. The van der Waals surface area contributed by atoms with E-state index in [1.807, 2.05) is 0 Å². The maximum atomic E-state index is 13.3. The van der Waals surface area contributed by atoms with Gasteiger partial charge in [-0.3, -0.25) is 41.2 Å². The van der Waals surface area contributed by atoms with E-state index in [1.165, 1.54) is 14.2 Å². The number of carboxylic acid groups (broad SMARTS) is 4. The lowest BCUT2D eigenvalue weighted by molar-refractivity contribution is -0.372. The van der Waals surface area contributed by atoms with E-state index in [2.05, 4.69) is 26.2 Å². The second-order valence-electron chi connectivity index (χ2n) is 27.2. The molecule has 8 aliphatic heterocycles. The van der Waals surface area contributed by atoms with E-state index in [-0.39, 0.29) is 12.8 Å². The summed E-state index contributed by atoms with van der Waals surface area (Å²) in [6.07, 6.45) is -83.4. The molecule has 0 aromatic heterocycles. The Morgan fingerprint density at radius 3 is 1.11 bits per heavy atom. The molecular weight excluding hydrogens is 1890 g/mol. The molecule has 123 heavy (non-hydrogen) atoms. The SMILES string of the molecule is CC(=O)N[C@H]1[C@@H](O[C@H]2[C@H](O)[C@@H](O)[C@H](O[C@H]3[C@H](OS(=O)(=O)O)[C@@H](NS(=O)(=O)O)[C@@H](O[C@H]4C[C@@H](O)[C@H](O[C@H]5[C@H](O)[C@@H](NS(=O)(=O)O)[C@@H](O[C@H]6C[C@@H](O)[C@H](O[C@H]7[C@H](O)[C@@H](NS(=O)(=O)O)CO[C@@H]7COS(=O)(=O)O)O[C@H]6C(=O)O)O[C@@H]5COS(=O)(=O)O)O[C@H]4C(=O)O)O[C@@H]3COS(=O)(=O)O)O[C@@H]2C(=O)O)O[C@H](COS(=O)(=O)O)[C@@H](O[C@@H]2O[C@@H](C(=O)O)CC[C@H]2O)[C@@H]1O. The zero-order valence-corrected chi connectivity index (χ0v) is 67.6. The highest BCUT2D eigenvalue weighted by atomic mass is 32.3. The summed E-state index contributed by atoms with van der Waals surface area (Å²) in [5.41, 5.74) is 0. The lowest BCUT2D eigenvalue weighted by atomic mass is 9.94. The van der Waals surface area contributed by atoms with Crippen molar-refractivity contribution in [2.24, 2.45) is 0 Å². The van der Waals surface area contributed by atoms with Crippen LogP contribution in [-0.2, 0) is 199 Å². The van der Waals surface area contributed by atoms with Gasteiger partial charge < -0.3 is 138 Å². The summed E-state index contributed by atoms with van der Waals surface area (Å²) < 4.78 is 382. The lowest BCUT2D eigenvalue weighted by Crippen LogP contribution is -2.70. The number of aliphatic hydroxyl groups is 8. The van der Waals surface area contributed by atoms with Crippen LogP contribution in [0, 0.1) is 0 Å². The van der Waals surface area contributed by atoms with Gasteiger partial charge in [0.25, 0.3) is 0 Å². The van der Waals surface area contributed by atoms with Crippen LogP contribution in [0.15, 0.2) is 0 Å². The molecule has 0 saturated carbocycles. The van der Waals surface area contributed by atoms with Crippen LogP contribution >= 0.6 is 0 Å². The monoisotopic (exact) mass is 1970 g/mol. The maximum Gasteiger partial charge on any atom is 0.397 e. The van der Waals surface area contributed by atoms with Crippen molar-refractivity contribution in [1.29, 1.82) is 0 Å². The molecule has 8 saturated heterocycles. The minimum atomic E-state index is -6.34. The Morgan fingerprint density at radius 2 is 0.707 bits per heavy atom. The quantitative estimate of drug-likeness (QED) is 0.0254. The van der Waals surface area contributed by atoms with Crippen molar-refractivity contribution in [3.05, 3.63) is 0 Å². The summed E-state index contributed by atoms with van der Waals surface area (Å²) in [6.45, 7) is -6.62. The minimum Gasteiger partial charge on any atom is -0.479 e. The van der Waals surface area contributed by atoms with Gasteiger partial charge in [0, 0.05) is 19.8 Å². The number of aliphatic carboxylic acids is 4. The molecule has 0 aromatic carbocycles. The molecule has 65 nitrogen and oxygen atoms in total. The predicted octanol–water partition coefficient (Wildman–Crippen LogP) is -15.8. The molecule has 0 aliphatic carbocycles. The van der Waals surface area contributed by atoms with Gasteiger partial charge in [0.1, 0.15) is 140 Å². The molecule has 8 rings (SSSR count). The van der Waals surface area contributed by atoms with E-state index in [9.17, 15) is 189 Å². The highest BCUT2D eigenvalue weighted by Crippen LogP contribution is 2.40. The molecule has 24 N–H and O–H groups in total. The van der Waals surface area contributed by atoms with Crippen LogP contribution in [0.3, 0.4) is 0 Å². The number of aliphatic hydroxyl groups excluding tert-OH is 8. The van der Waals surface area contributed by atoms with Crippen molar-refractivity contribution in [2.75, 3.05) is 33.0 Å². The van der Waals surface area contributed by atoms with Crippen LogP contribution in [0.5, 0.6) is 0 Å². The summed E-state index contributed by atoms with van der Waals surface area (Å²) in [5.74, 6) is -9.61. The van der Waals surface area contributed by atoms with Crippen LogP contribution in [0.2, 0.25) is 0 Å². The van der Waals surface area contributed by atoms with Crippen molar-refractivity contribution < 1.29 is 281 Å². The van der Waals surface area contributed by atoms with E-state index < -0.39 is 373 Å². The molecule has 1 amide bonds. The number of ether oxygens (including phenoxy) is 15. The van der Waals surface area contributed by atoms with Crippen molar-refractivity contribution in [1.82, 2.24) is 19.5 Å². The number of hydrogen-bond donors (Lipinski definition) is 24. The standard InChI is InChI=1S/C50H80N4O61S8/c1-11(55)51-23-27(60)32(108-44-13(56)2-3-16(101-44)40(64)65)20(8-98-120(84,85)86)104-47(23)113-38-29(62)30(63)50(114-39(38)43(70)71)110-34-22(10-100-122(90,91)92)106-49(25(54-118(78,79)80)37(34)115-123(93,94)95)103-18-5-15(58)46(112-36(18)42(68)69)109-33-21(9-99-121(87,88)89)105-48(24(28(33)61)53-117(75,76)77)102-17-4-14(57)45(111-35(17)41(66)67)107-31-19(7-97-119(81,82)83)96-6-12(26(31)59)52-116(72,73)74/h12-39,44-50,52-54,56-63H,2-10H2,1H3,(H,51,55)(H,64,65)(H,66,67)(H,68,69)(H,70,71)(H,72,73,74)(H,75,76,77)(H,78,79,80)(H,81,82,83)(H,84,85,86)(H,87,88,89)(H,90,91,92)(H,93,94,95)/t12-,13+,14+,15+,16+,17-,18-,19+,20+,21+,22+,23+,24+,25+,26+,27+,28+,29+,30+,31+,32+,33+,34+,35+,36+,37+,38-,39-,44-,45+,46+,47+,48-,49-,50+/m0/s1. The fourth-order valence-corrected chi connectivity index (χ4v) is 16.9. The largest absolute Gasteiger partial charge is 0.479 e. The van der Waals surface area contributed by atoms with E-state index in [1.54, 1.807) is 0 Å². The molecule has 35 atom stereocenters. The highest BCUT2D eigenvalue weighted by molar-refractivity contribution is 7.84. The average molecular weight is 1970 g/mol. The fraction of sp³-hybridized carbons (Fsp3) is 0.900. The van der Waals surface area contributed by atoms with Crippen molar-refractivity contribution >= 4 is 113 Å². The number of carbonyl (C=O) groups is 5. The van der Waals surface area contributed by atoms with Gasteiger partial charge >= 0.3 is 107 Å². The molecule has 0 aromatic rings. The van der Waals surface area contributed by atoms with Crippen molar-refractivity contribution in [2.45, 2.75) is 247 Å². The van der Waals surface area contributed by atoms with Crippen LogP contribution in [-0.4, -0.2) is 443 Å². The van der Waals surface area contributed by atoms with Gasteiger partial charge in [-0.05, 0) is 12.8 Å². The lowest BCUT2D eigenvalue weighted by Gasteiger charge is -2.50. The third-order valence-electron chi connectivity index (χ3n) is 18.4. The first-order chi connectivity index (χ1) is 56.3. The Bertz CT molecular complexity index is 4650. The van der Waals surface area contributed by atoms with Gasteiger partial charge in [-0.2, -0.15) is 81.5 Å². The number of hydrogen-bond acceptors (Lipinski definition) is 49. The first kappa shape index (κ1) is 104. The van der Waals surface area contributed by atoms with Gasteiger partial charge in [0.05, 0.1) is 39.1 Å². The maximum absolute atomic E-state index is 13.3. The third kappa shape index (κ3) is 29.7. The molecule has 8 fully saturated rings. The Balaban J connectivity index is 1.06. The van der Waals surface area contributed by atoms with E-state index in [4.69, 9.17) is 71.1 Å². The van der Waals surface area contributed by atoms with Crippen molar-refractivity contribution in [3.8, 4) is 0 Å². The molecular formula is C50H80N4O61S8. The van der Waals surface area contributed by atoms with Crippen molar-refractivity contribution in [3.63, 3.8) is 0 Å². The first-order valence-corrected chi connectivity index (χ1v) is 45.3. The summed E-state index contributed by atoms with van der Waals surface area (Å²) in [6, 6.07) is -10.0. The van der Waals surface area contributed by atoms with E-state index in [0.717, 1.165) is 6.92 Å². The van der Waals surface area contributed by atoms with E-state index >= 15 is 0 Å². The molecule has 0 radical (unpaired) electrons. The molecule has 8 aliphatic rings. The normalized spacial score (nSPS) is 39.9. The first-order valence-electron chi connectivity index (χ1n) is 34.1. The Labute approximate surface area is 690 Å². The molecule has 73 heteroatoms. The highest BCUT2D eigenvalue weighted by Gasteiger charge is 2.61. The van der Waals surface area contributed by atoms with Crippen LogP contribution in [0.25, 0.3) is 0 Å².